The zero-order valence-electron chi connectivity index (χ0n) is 11.5. The molecule has 1 aromatic rings. The van der Waals surface area contributed by atoms with Crippen molar-refractivity contribution in [3.05, 3.63) is 23.7 Å². The normalized spacial score (nSPS) is 10.3. The third-order valence-electron chi connectivity index (χ3n) is 2.64. The van der Waals surface area contributed by atoms with Crippen molar-refractivity contribution < 1.29 is 24.2 Å². The number of hydrogen-bond donors (Lipinski definition) is 3. The molecule has 2 amide bonds. The number of urea groups is 1. The first-order chi connectivity index (χ1) is 9.52. The molecule has 3 N–H and O–H groups in total. The maximum atomic E-state index is 11.9. The van der Waals surface area contributed by atoms with E-state index in [1.165, 1.54) is 4.90 Å². The fourth-order valence-electron chi connectivity index (χ4n) is 1.68. The van der Waals surface area contributed by atoms with Gasteiger partial charge in [0.15, 0.2) is 0 Å². The standard InChI is InChI=1S/C13H20N2O5/c1-10-4-5-11(20-10)9-15(7-8-16)13(19)14-6-2-3-12(17)18/h4-5,16H,2-3,6-9H2,1H3,(H,14,19)(H,17,18). The highest BCUT2D eigenvalue weighted by atomic mass is 16.4. The second kappa shape index (κ2) is 8.21. The summed E-state index contributed by atoms with van der Waals surface area (Å²) in [5, 5.41) is 20.1. The van der Waals surface area contributed by atoms with Crippen LogP contribution in [0.1, 0.15) is 24.4 Å². The molecule has 20 heavy (non-hydrogen) atoms. The SMILES string of the molecule is Cc1ccc(CN(CCO)C(=O)NCCCC(=O)O)o1. The first-order valence-electron chi connectivity index (χ1n) is 6.43. The summed E-state index contributed by atoms with van der Waals surface area (Å²) in [6.45, 7) is 2.39. The van der Waals surface area contributed by atoms with Crippen LogP contribution in [0.25, 0.3) is 0 Å². The van der Waals surface area contributed by atoms with E-state index >= 15 is 0 Å². The van der Waals surface area contributed by atoms with Crippen molar-refractivity contribution in [3.8, 4) is 0 Å². The van der Waals surface area contributed by atoms with Gasteiger partial charge in [-0.2, -0.15) is 0 Å². The summed E-state index contributed by atoms with van der Waals surface area (Å²) in [6, 6.07) is 3.23. The minimum atomic E-state index is -0.891. The Morgan fingerprint density at radius 1 is 1.40 bits per heavy atom. The van der Waals surface area contributed by atoms with Gasteiger partial charge in [-0.25, -0.2) is 4.79 Å². The van der Waals surface area contributed by atoms with Crippen molar-refractivity contribution in [2.24, 2.45) is 0 Å². The predicted molar refractivity (Wildman–Crippen MR) is 71.2 cm³/mol. The lowest BCUT2D eigenvalue weighted by Crippen LogP contribution is -2.41. The van der Waals surface area contributed by atoms with E-state index in [1.54, 1.807) is 12.1 Å². The van der Waals surface area contributed by atoms with E-state index in [1.807, 2.05) is 6.92 Å². The number of nitrogens with zero attached hydrogens (tertiary/aromatic N) is 1. The van der Waals surface area contributed by atoms with Gasteiger partial charge in [-0.3, -0.25) is 4.79 Å². The minimum absolute atomic E-state index is 0.0116. The van der Waals surface area contributed by atoms with Gasteiger partial charge in [0.25, 0.3) is 0 Å². The van der Waals surface area contributed by atoms with Crippen molar-refractivity contribution in [3.63, 3.8) is 0 Å². The molecule has 0 aliphatic heterocycles. The largest absolute Gasteiger partial charge is 0.481 e. The summed E-state index contributed by atoms with van der Waals surface area (Å²) in [5.41, 5.74) is 0. The summed E-state index contributed by atoms with van der Waals surface area (Å²) < 4.78 is 5.39. The number of carboxylic acid groups (broad SMARTS) is 1. The molecule has 0 saturated carbocycles. The van der Waals surface area contributed by atoms with Crippen LogP contribution in [0.2, 0.25) is 0 Å². The molecule has 0 spiro atoms. The predicted octanol–water partition coefficient (Wildman–Crippen LogP) is 0.957. The fourth-order valence-corrected chi connectivity index (χ4v) is 1.68. The molecule has 0 unspecified atom stereocenters. The zero-order chi connectivity index (χ0) is 15.0. The van der Waals surface area contributed by atoms with Crippen LogP contribution in [0.15, 0.2) is 16.5 Å². The molecule has 0 bridgehead atoms. The van der Waals surface area contributed by atoms with E-state index in [-0.39, 0.29) is 38.7 Å². The molecule has 7 nitrogen and oxygen atoms in total. The molecular formula is C13H20N2O5. The highest BCUT2D eigenvalue weighted by Gasteiger charge is 2.14. The highest BCUT2D eigenvalue weighted by Crippen LogP contribution is 2.09. The van der Waals surface area contributed by atoms with E-state index in [2.05, 4.69) is 5.32 Å². The molecule has 0 atom stereocenters. The molecule has 1 heterocycles. The Morgan fingerprint density at radius 3 is 2.70 bits per heavy atom. The molecule has 0 fully saturated rings. The number of rotatable bonds is 8. The van der Waals surface area contributed by atoms with Gasteiger partial charge in [-0.1, -0.05) is 0 Å². The smallest absolute Gasteiger partial charge is 0.317 e. The van der Waals surface area contributed by atoms with Gasteiger partial charge < -0.3 is 24.8 Å². The molecule has 0 aliphatic rings. The summed E-state index contributed by atoms with van der Waals surface area (Å²) in [7, 11) is 0. The number of carboxylic acids is 1. The van der Waals surface area contributed by atoms with Gasteiger partial charge in [0, 0.05) is 19.5 Å². The summed E-state index contributed by atoms with van der Waals surface area (Å²) in [5.74, 6) is 0.500. The number of aryl methyl sites for hydroxylation is 1. The number of amides is 2. The topological polar surface area (TPSA) is 103 Å². The Balaban J connectivity index is 2.43. The number of carbonyl (C=O) groups excluding carboxylic acids is 1. The lowest BCUT2D eigenvalue weighted by Gasteiger charge is -2.21. The van der Waals surface area contributed by atoms with Crippen molar-refractivity contribution in [1.29, 1.82) is 0 Å². The highest BCUT2D eigenvalue weighted by molar-refractivity contribution is 5.74. The van der Waals surface area contributed by atoms with Crippen LogP contribution in [-0.2, 0) is 11.3 Å². The Bertz CT molecular complexity index is 444. The maximum absolute atomic E-state index is 11.9. The van der Waals surface area contributed by atoms with E-state index in [0.29, 0.717) is 12.2 Å². The Morgan fingerprint density at radius 2 is 2.15 bits per heavy atom. The molecule has 112 valence electrons. The molecule has 1 rings (SSSR count). The van der Waals surface area contributed by atoms with Crippen LogP contribution in [0.4, 0.5) is 4.79 Å². The van der Waals surface area contributed by atoms with Gasteiger partial charge in [-0.15, -0.1) is 0 Å². The number of aliphatic hydroxyl groups is 1. The second-order valence-electron chi connectivity index (χ2n) is 4.39. The van der Waals surface area contributed by atoms with Gasteiger partial charge in [0.05, 0.1) is 13.2 Å². The van der Waals surface area contributed by atoms with Crippen molar-refractivity contribution in [2.75, 3.05) is 19.7 Å². The average Bonchev–Trinajstić information content (AvgIpc) is 2.79. The summed E-state index contributed by atoms with van der Waals surface area (Å²) in [4.78, 5) is 23.7. The van der Waals surface area contributed by atoms with Crippen molar-refractivity contribution in [2.45, 2.75) is 26.3 Å². The third-order valence-corrected chi connectivity index (χ3v) is 2.64. The van der Waals surface area contributed by atoms with Crippen molar-refractivity contribution in [1.82, 2.24) is 10.2 Å². The van der Waals surface area contributed by atoms with Crippen LogP contribution in [-0.4, -0.2) is 46.8 Å². The molecule has 7 heteroatoms. The molecule has 1 aromatic heterocycles. The molecular weight excluding hydrogens is 264 g/mol. The van der Waals surface area contributed by atoms with Crippen LogP contribution < -0.4 is 5.32 Å². The Hall–Kier alpha value is -2.02. The molecule has 0 radical (unpaired) electrons. The van der Waals surface area contributed by atoms with Crippen molar-refractivity contribution >= 4 is 12.0 Å². The lowest BCUT2D eigenvalue weighted by molar-refractivity contribution is -0.137. The molecule has 0 aromatic carbocycles. The van der Waals surface area contributed by atoms with E-state index in [0.717, 1.165) is 5.76 Å². The first kappa shape index (κ1) is 16.0. The number of aliphatic hydroxyl groups excluding tert-OH is 1. The number of nitrogens with one attached hydrogen (secondary N) is 1. The quantitative estimate of drug-likeness (QED) is 0.617. The Labute approximate surface area is 117 Å². The summed E-state index contributed by atoms with van der Waals surface area (Å²) >= 11 is 0. The van der Waals surface area contributed by atoms with E-state index < -0.39 is 5.97 Å². The minimum Gasteiger partial charge on any atom is -0.481 e. The molecule has 0 saturated heterocycles. The van der Waals surface area contributed by atoms with Crippen LogP contribution >= 0.6 is 0 Å². The molecule has 0 aliphatic carbocycles. The monoisotopic (exact) mass is 284 g/mol. The number of furan rings is 1. The zero-order valence-corrected chi connectivity index (χ0v) is 11.5. The average molecular weight is 284 g/mol. The maximum Gasteiger partial charge on any atom is 0.317 e. The summed E-state index contributed by atoms with van der Waals surface area (Å²) in [6.07, 6.45) is 0.381. The third kappa shape index (κ3) is 5.75. The second-order valence-corrected chi connectivity index (χ2v) is 4.39. The van der Waals surface area contributed by atoms with Crippen LogP contribution in [0.5, 0.6) is 0 Å². The first-order valence-corrected chi connectivity index (χ1v) is 6.43. The van der Waals surface area contributed by atoms with Crippen LogP contribution in [0, 0.1) is 6.92 Å². The lowest BCUT2D eigenvalue weighted by atomic mass is 10.3. The van der Waals surface area contributed by atoms with Gasteiger partial charge >= 0.3 is 12.0 Å². The van der Waals surface area contributed by atoms with Gasteiger partial charge in [0.1, 0.15) is 11.5 Å². The number of carbonyl (C=O) groups is 2. The van der Waals surface area contributed by atoms with Gasteiger partial charge in [-0.05, 0) is 25.5 Å². The van der Waals surface area contributed by atoms with E-state index in [4.69, 9.17) is 14.6 Å². The van der Waals surface area contributed by atoms with Crippen LogP contribution in [0.3, 0.4) is 0 Å². The number of aliphatic carboxylic acids is 1. The Kier molecular flexibility index (Phi) is 6.58. The number of hydrogen-bond acceptors (Lipinski definition) is 4. The van der Waals surface area contributed by atoms with E-state index in [9.17, 15) is 9.59 Å². The van der Waals surface area contributed by atoms with Gasteiger partial charge in [0.2, 0.25) is 0 Å². The fraction of sp³-hybridized carbons (Fsp3) is 0.538.